The maximum atomic E-state index is 12.0. The van der Waals surface area contributed by atoms with Gasteiger partial charge < -0.3 is 15.5 Å². The summed E-state index contributed by atoms with van der Waals surface area (Å²) in [6.45, 7) is 9.11. The van der Waals surface area contributed by atoms with E-state index >= 15 is 0 Å². The Bertz CT molecular complexity index is 565. The Morgan fingerprint density at radius 1 is 1.32 bits per heavy atom. The molecule has 1 amide bonds. The second kappa shape index (κ2) is 10.6. The van der Waals surface area contributed by atoms with E-state index in [9.17, 15) is 4.79 Å². The number of pyridine rings is 1. The zero-order valence-electron chi connectivity index (χ0n) is 15.6. The highest BCUT2D eigenvalue weighted by Gasteiger charge is 2.23. The van der Waals surface area contributed by atoms with Gasteiger partial charge in [-0.2, -0.15) is 0 Å². The smallest absolute Gasteiger partial charge is 0.227 e. The van der Waals surface area contributed by atoms with Crippen molar-refractivity contribution in [3.8, 4) is 0 Å². The predicted octanol–water partition coefficient (Wildman–Crippen LogP) is 2.89. The van der Waals surface area contributed by atoms with Crippen molar-refractivity contribution in [2.45, 2.75) is 33.6 Å². The quantitative estimate of drug-likeness (QED) is 0.413. The lowest BCUT2D eigenvalue weighted by molar-refractivity contribution is -0.116. The van der Waals surface area contributed by atoms with Crippen molar-refractivity contribution in [3.63, 3.8) is 0 Å². The number of carbonyl (C=O) groups excluding carboxylic acids is 1. The first kappa shape index (κ1) is 21.7. The van der Waals surface area contributed by atoms with Gasteiger partial charge in [0.15, 0.2) is 5.96 Å². The Balaban J connectivity index is 0.00000312. The molecule has 2 rings (SSSR count). The molecule has 2 heterocycles. The average Bonchev–Trinajstić information content (AvgIpc) is 2.53. The Hall–Kier alpha value is -1.38. The molecule has 1 aromatic heterocycles. The van der Waals surface area contributed by atoms with Gasteiger partial charge in [0.25, 0.3) is 0 Å². The fraction of sp³-hybridized carbons (Fsp3) is 0.611. The van der Waals surface area contributed by atoms with Crippen LogP contribution in [0.25, 0.3) is 0 Å². The number of amides is 1. The van der Waals surface area contributed by atoms with Crippen LogP contribution in [0.1, 0.15) is 32.3 Å². The molecule has 2 atom stereocenters. The lowest BCUT2D eigenvalue weighted by Gasteiger charge is -2.37. The van der Waals surface area contributed by atoms with Crippen LogP contribution in [0.4, 0.5) is 5.82 Å². The molecule has 1 aromatic rings. The van der Waals surface area contributed by atoms with Crippen LogP contribution in [-0.2, 0) is 4.79 Å². The van der Waals surface area contributed by atoms with Crippen molar-refractivity contribution in [3.05, 3.63) is 23.9 Å². The Morgan fingerprint density at radius 3 is 2.56 bits per heavy atom. The van der Waals surface area contributed by atoms with Gasteiger partial charge >= 0.3 is 0 Å². The van der Waals surface area contributed by atoms with Gasteiger partial charge in [0.05, 0.1) is 0 Å². The van der Waals surface area contributed by atoms with E-state index in [2.05, 4.69) is 39.4 Å². The largest absolute Gasteiger partial charge is 0.356 e. The Morgan fingerprint density at radius 2 is 2.00 bits per heavy atom. The first-order valence-corrected chi connectivity index (χ1v) is 8.66. The maximum absolute atomic E-state index is 12.0. The minimum Gasteiger partial charge on any atom is -0.356 e. The molecule has 6 nitrogen and oxygen atoms in total. The predicted molar refractivity (Wildman–Crippen MR) is 114 cm³/mol. The highest BCUT2D eigenvalue weighted by Crippen LogP contribution is 2.20. The monoisotopic (exact) mass is 459 g/mol. The Labute approximate surface area is 167 Å². The molecule has 0 radical (unpaired) electrons. The van der Waals surface area contributed by atoms with Gasteiger partial charge in [0.1, 0.15) is 5.82 Å². The number of carbonyl (C=O) groups is 1. The number of anilines is 1. The van der Waals surface area contributed by atoms with E-state index < -0.39 is 0 Å². The Kier molecular flexibility index (Phi) is 9.16. The number of nitrogens with one attached hydrogen (secondary N) is 2. The molecular weight excluding hydrogens is 429 g/mol. The van der Waals surface area contributed by atoms with E-state index in [0.29, 0.717) is 30.6 Å². The lowest BCUT2D eigenvalue weighted by atomic mass is 9.92. The van der Waals surface area contributed by atoms with Crippen LogP contribution in [-0.4, -0.2) is 48.4 Å². The molecule has 140 valence electrons. The fourth-order valence-corrected chi connectivity index (χ4v) is 3.20. The van der Waals surface area contributed by atoms with Gasteiger partial charge in [-0.25, -0.2) is 4.98 Å². The van der Waals surface area contributed by atoms with Gasteiger partial charge in [-0.3, -0.25) is 9.79 Å². The van der Waals surface area contributed by atoms with E-state index in [4.69, 9.17) is 0 Å². The van der Waals surface area contributed by atoms with E-state index in [1.807, 2.05) is 19.1 Å². The van der Waals surface area contributed by atoms with E-state index in [1.54, 1.807) is 13.2 Å². The number of rotatable bonds is 4. The summed E-state index contributed by atoms with van der Waals surface area (Å²) in [5.41, 5.74) is 1.07. The van der Waals surface area contributed by atoms with Crippen molar-refractivity contribution >= 4 is 41.7 Å². The minimum absolute atomic E-state index is 0. The van der Waals surface area contributed by atoms with Gasteiger partial charge in [0.2, 0.25) is 5.91 Å². The van der Waals surface area contributed by atoms with Gasteiger partial charge in [-0.05, 0) is 36.8 Å². The molecule has 2 unspecified atom stereocenters. The van der Waals surface area contributed by atoms with Crippen LogP contribution in [0.5, 0.6) is 0 Å². The van der Waals surface area contributed by atoms with Crippen LogP contribution >= 0.6 is 24.0 Å². The third-order valence-corrected chi connectivity index (χ3v) is 4.19. The van der Waals surface area contributed by atoms with Crippen molar-refractivity contribution < 1.29 is 4.79 Å². The first-order valence-electron chi connectivity index (χ1n) is 8.66. The molecule has 0 saturated carbocycles. The SMILES string of the molecule is CN=C(NCCC(=O)Nc1ccc(C)cn1)N1CC(C)CC(C)C1.I. The number of hydrogen-bond donors (Lipinski definition) is 2. The van der Waals surface area contributed by atoms with Gasteiger partial charge in [0, 0.05) is 39.3 Å². The van der Waals surface area contributed by atoms with E-state index in [0.717, 1.165) is 24.6 Å². The standard InChI is InChI=1S/C18H29N5O.HI/c1-13-5-6-16(21-10-13)22-17(24)7-8-20-18(19-4)23-11-14(2)9-15(3)12-23;/h5-6,10,14-15H,7-9,11-12H2,1-4H3,(H,19,20)(H,21,22,24);1H. The van der Waals surface area contributed by atoms with Gasteiger partial charge in [-0.15, -0.1) is 24.0 Å². The molecule has 7 heteroatoms. The topological polar surface area (TPSA) is 69.6 Å². The van der Waals surface area contributed by atoms with E-state index in [1.165, 1.54) is 6.42 Å². The summed E-state index contributed by atoms with van der Waals surface area (Å²) in [6.07, 6.45) is 3.39. The summed E-state index contributed by atoms with van der Waals surface area (Å²) in [5, 5.41) is 6.11. The first-order chi connectivity index (χ1) is 11.5. The number of halogens is 1. The van der Waals surface area contributed by atoms with Crippen LogP contribution in [0, 0.1) is 18.8 Å². The van der Waals surface area contributed by atoms with Gasteiger partial charge in [-0.1, -0.05) is 19.9 Å². The van der Waals surface area contributed by atoms with Crippen molar-refractivity contribution in [1.29, 1.82) is 0 Å². The van der Waals surface area contributed by atoms with Crippen molar-refractivity contribution in [2.75, 3.05) is 32.0 Å². The normalized spacial score (nSPS) is 20.6. The molecule has 1 fully saturated rings. The molecule has 1 aliphatic heterocycles. The van der Waals surface area contributed by atoms with Crippen molar-refractivity contribution in [1.82, 2.24) is 15.2 Å². The molecule has 2 N–H and O–H groups in total. The molecule has 0 aromatic carbocycles. The summed E-state index contributed by atoms with van der Waals surface area (Å²) >= 11 is 0. The maximum Gasteiger partial charge on any atom is 0.227 e. The molecule has 1 saturated heterocycles. The highest BCUT2D eigenvalue weighted by molar-refractivity contribution is 14.0. The number of guanidine groups is 1. The van der Waals surface area contributed by atoms with Crippen LogP contribution < -0.4 is 10.6 Å². The van der Waals surface area contributed by atoms with Crippen LogP contribution in [0.3, 0.4) is 0 Å². The molecule has 25 heavy (non-hydrogen) atoms. The number of likely N-dealkylation sites (tertiary alicyclic amines) is 1. The lowest BCUT2D eigenvalue weighted by Crippen LogP contribution is -2.48. The highest BCUT2D eigenvalue weighted by atomic mass is 127. The fourth-order valence-electron chi connectivity index (χ4n) is 3.20. The molecule has 0 bridgehead atoms. The number of aromatic nitrogens is 1. The summed E-state index contributed by atoms with van der Waals surface area (Å²) in [7, 11) is 1.79. The number of aliphatic imine (C=N–C) groups is 1. The zero-order valence-corrected chi connectivity index (χ0v) is 17.9. The third kappa shape index (κ3) is 7.17. The summed E-state index contributed by atoms with van der Waals surface area (Å²) in [5.74, 6) is 2.77. The molecule has 0 spiro atoms. The number of aryl methyl sites for hydroxylation is 1. The van der Waals surface area contributed by atoms with Crippen LogP contribution in [0.15, 0.2) is 23.3 Å². The third-order valence-electron chi connectivity index (χ3n) is 4.19. The van der Waals surface area contributed by atoms with Crippen LogP contribution in [0.2, 0.25) is 0 Å². The number of piperidine rings is 1. The summed E-state index contributed by atoms with van der Waals surface area (Å²) in [6, 6.07) is 3.75. The zero-order chi connectivity index (χ0) is 17.5. The second-order valence-electron chi connectivity index (χ2n) is 6.84. The van der Waals surface area contributed by atoms with E-state index in [-0.39, 0.29) is 29.9 Å². The summed E-state index contributed by atoms with van der Waals surface area (Å²) < 4.78 is 0. The molecular formula is C18H30IN5O. The number of nitrogens with zero attached hydrogens (tertiary/aromatic N) is 3. The van der Waals surface area contributed by atoms with Crippen molar-refractivity contribution in [2.24, 2.45) is 16.8 Å². The summed E-state index contributed by atoms with van der Waals surface area (Å²) in [4.78, 5) is 22.8. The second-order valence-corrected chi connectivity index (χ2v) is 6.84. The molecule has 1 aliphatic rings. The molecule has 0 aliphatic carbocycles. The number of hydrogen-bond acceptors (Lipinski definition) is 3. The minimum atomic E-state index is -0.0466. The average molecular weight is 459 g/mol.